The molecule has 0 aliphatic carbocycles. The van der Waals surface area contributed by atoms with Crippen molar-refractivity contribution in [3.05, 3.63) is 30.6 Å². The lowest BCUT2D eigenvalue weighted by atomic mass is 10.2. The van der Waals surface area contributed by atoms with E-state index in [-0.39, 0.29) is 0 Å². The number of anilines is 2. The number of hydrogen-bond acceptors (Lipinski definition) is 5. The number of benzene rings is 1. The Hall–Kier alpha value is -1.95. The minimum absolute atomic E-state index is 0.704. The van der Waals surface area contributed by atoms with E-state index in [1.54, 1.807) is 12.4 Å². The van der Waals surface area contributed by atoms with Crippen LogP contribution in [0.2, 0.25) is 0 Å². The zero-order chi connectivity index (χ0) is 10.1. The highest BCUT2D eigenvalue weighted by molar-refractivity contribution is 7.00. The van der Waals surface area contributed by atoms with Crippen LogP contribution in [0.5, 0.6) is 0 Å². The van der Waals surface area contributed by atoms with Crippen LogP contribution in [-0.4, -0.2) is 18.7 Å². The van der Waals surface area contributed by atoms with Crippen molar-refractivity contribution >= 4 is 34.4 Å². The summed E-state index contributed by atoms with van der Waals surface area (Å²) >= 11 is 1.21. The van der Waals surface area contributed by atoms with Crippen LogP contribution in [0.15, 0.2) is 30.6 Å². The third-order valence-corrected chi connectivity index (χ3v) is 2.58. The van der Waals surface area contributed by atoms with Gasteiger partial charge in [0, 0.05) is 12.4 Å². The topological polar surface area (TPSA) is 66.5 Å². The Kier molecular flexibility index (Phi) is 1.85. The SMILES string of the molecule is c1cc(Nc2ncc[nH]2)c2nsnc2c1. The zero-order valence-electron chi connectivity index (χ0n) is 7.64. The number of hydrogen-bond donors (Lipinski definition) is 2. The maximum Gasteiger partial charge on any atom is 0.204 e. The standard InChI is InChI=1S/C9H7N5S/c1-2-6(12-9-10-4-5-11-9)8-7(3-1)13-15-14-8/h1-5H,(H2,10,11,12). The van der Waals surface area contributed by atoms with E-state index in [0.717, 1.165) is 16.7 Å². The minimum Gasteiger partial charge on any atom is -0.331 e. The summed E-state index contributed by atoms with van der Waals surface area (Å²) in [5.74, 6) is 0.704. The van der Waals surface area contributed by atoms with Crippen LogP contribution < -0.4 is 5.32 Å². The van der Waals surface area contributed by atoms with Crippen LogP contribution in [-0.2, 0) is 0 Å². The maximum atomic E-state index is 4.23. The quantitative estimate of drug-likeness (QED) is 0.690. The smallest absolute Gasteiger partial charge is 0.204 e. The van der Waals surface area contributed by atoms with Gasteiger partial charge in [-0.1, -0.05) is 6.07 Å². The van der Waals surface area contributed by atoms with E-state index in [4.69, 9.17) is 0 Å². The molecule has 0 saturated carbocycles. The Bertz CT molecular complexity index is 571. The first-order valence-corrected chi connectivity index (χ1v) is 5.14. The van der Waals surface area contributed by atoms with Crippen molar-refractivity contribution in [2.24, 2.45) is 0 Å². The van der Waals surface area contributed by atoms with Crippen molar-refractivity contribution in [1.82, 2.24) is 18.7 Å². The molecule has 3 aromatic rings. The molecule has 0 amide bonds. The van der Waals surface area contributed by atoms with Gasteiger partial charge in [0.15, 0.2) is 0 Å². The first kappa shape index (κ1) is 8.37. The Morgan fingerprint density at radius 2 is 2.27 bits per heavy atom. The molecule has 15 heavy (non-hydrogen) atoms. The van der Waals surface area contributed by atoms with Gasteiger partial charge in [0.2, 0.25) is 5.95 Å². The molecule has 2 N–H and O–H groups in total. The van der Waals surface area contributed by atoms with Crippen molar-refractivity contribution in [2.45, 2.75) is 0 Å². The van der Waals surface area contributed by atoms with E-state index in [0.29, 0.717) is 5.95 Å². The highest BCUT2D eigenvalue weighted by Crippen LogP contribution is 2.23. The van der Waals surface area contributed by atoms with E-state index < -0.39 is 0 Å². The van der Waals surface area contributed by atoms with Crippen molar-refractivity contribution in [3.63, 3.8) is 0 Å². The molecule has 0 radical (unpaired) electrons. The molecule has 0 unspecified atom stereocenters. The van der Waals surface area contributed by atoms with Crippen LogP contribution in [0.4, 0.5) is 11.6 Å². The summed E-state index contributed by atoms with van der Waals surface area (Å²) in [6.45, 7) is 0. The molecular formula is C9H7N5S. The van der Waals surface area contributed by atoms with E-state index in [2.05, 4.69) is 24.0 Å². The average Bonchev–Trinajstić information content (AvgIpc) is 2.87. The molecule has 3 rings (SSSR count). The number of fused-ring (bicyclic) bond motifs is 1. The van der Waals surface area contributed by atoms with Gasteiger partial charge in [0.1, 0.15) is 11.0 Å². The number of nitrogens with zero attached hydrogens (tertiary/aromatic N) is 3. The Labute approximate surface area is 89.5 Å². The predicted octanol–water partition coefficient (Wildman–Crippen LogP) is 2.16. The molecule has 0 aliphatic rings. The molecular weight excluding hydrogens is 210 g/mol. The summed E-state index contributed by atoms with van der Waals surface area (Å²) in [6.07, 6.45) is 3.46. The summed E-state index contributed by atoms with van der Waals surface area (Å²) in [6, 6.07) is 5.83. The van der Waals surface area contributed by atoms with Gasteiger partial charge in [-0.2, -0.15) is 8.75 Å². The molecule has 5 nitrogen and oxygen atoms in total. The molecule has 1 aromatic carbocycles. The fourth-order valence-corrected chi connectivity index (χ4v) is 1.92. The molecule has 0 fully saturated rings. The van der Waals surface area contributed by atoms with Gasteiger partial charge in [-0.25, -0.2) is 4.98 Å². The van der Waals surface area contributed by atoms with E-state index in [9.17, 15) is 0 Å². The summed E-state index contributed by atoms with van der Waals surface area (Å²) < 4.78 is 8.39. The van der Waals surface area contributed by atoms with E-state index >= 15 is 0 Å². The van der Waals surface area contributed by atoms with Gasteiger partial charge in [0.25, 0.3) is 0 Å². The average molecular weight is 217 g/mol. The van der Waals surface area contributed by atoms with Crippen LogP contribution in [0.1, 0.15) is 0 Å². The van der Waals surface area contributed by atoms with Crippen LogP contribution in [0.25, 0.3) is 11.0 Å². The fraction of sp³-hybridized carbons (Fsp3) is 0. The van der Waals surface area contributed by atoms with E-state index in [1.807, 2.05) is 18.2 Å². The lowest BCUT2D eigenvalue weighted by Crippen LogP contribution is -1.92. The molecule has 0 saturated heterocycles. The van der Waals surface area contributed by atoms with Gasteiger partial charge >= 0.3 is 0 Å². The highest BCUT2D eigenvalue weighted by atomic mass is 32.1. The number of aromatic nitrogens is 4. The molecule has 0 bridgehead atoms. The normalized spacial score (nSPS) is 10.7. The van der Waals surface area contributed by atoms with Gasteiger partial charge in [-0.15, -0.1) is 0 Å². The molecule has 0 atom stereocenters. The molecule has 74 valence electrons. The van der Waals surface area contributed by atoms with Crippen LogP contribution >= 0.6 is 11.7 Å². The van der Waals surface area contributed by atoms with Gasteiger partial charge in [0.05, 0.1) is 17.4 Å². The Balaban J connectivity index is 2.07. The Morgan fingerprint density at radius 1 is 1.27 bits per heavy atom. The molecule has 2 heterocycles. The number of imidazole rings is 1. The first-order valence-electron chi connectivity index (χ1n) is 4.41. The fourth-order valence-electron chi connectivity index (χ4n) is 1.37. The number of nitrogens with one attached hydrogen (secondary N) is 2. The van der Waals surface area contributed by atoms with Crippen molar-refractivity contribution in [3.8, 4) is 0 Å². The first-order chi connectivity index (χ1) is 7.43. The monoisotopic (exact) mass is 217 g/mol. The number of aromatic amines is 1. The second-order valence-corrected chi connectivity index (χ2v) is 3.53. The molecule has 0 aliphatic heterocycles. The summed E-state index contributed by atoms with van der Waals surface area (Å²) in [5.41, 5.74) is 2.69. The van der Waals surface area contributed by atoms with Gasteiger partial charge < -0.3 is 10.3 Å². The predicted molar refractivity (Wildman–Crippen MR) is 59.3 cm³/mol. The van der Waals surface area contributed by atoms with Gasteiger partial charge in [-0.3, -0.25) is 0 Å². The lowest BCUT2D eigenvalue weighted by molar-refractivity contribution is 1.29. The van der Waals surface area contributed by atoms with Gasteiger partial charge in [-0.05, 0) is 12.1 Å². The minimum atomic E-state index is 0.704. The third-order valence-electron chi connectivity index (χ3n) is 2.04. The zero-order valence-corrected chi connectivity index (χ0v) is 8.45. The molecule has 6 heteroatoms. The van der Waals surface area contributed by atoms with Crippen molar-refractivity contribution < 1.29 is 0 Å². The summed E-state index contributed by atoms with van der Waals surface area (Å²) in [5, 5.41) is 3.15. The Morgan fingerprint density at radius 3 is 3.13 bits per heavy atom. The third kappa shape index (κ3) is 1.44. The number of H-pyrrole nitrogens is 1. The van der Waals surface area contributed by atoms with Crippen molar-refractivity contribution in [2.75, 3.05) is 5.32 Å². The second-order valence-electron chi connectivity index (χ2n) is 3.00. The summed E-state index contributed by atoms with van der Waals surface area (Å²) in [4.78, 5) is 7.07. The lowest BCUT2D eigenvalue weighted by Gasteiger charge is -2.01. The van der Waals surface area contributed by atoms with Crippen LogP contribution in [0, 0.1) is 0 Å². The molecule has 2 aromatic heterocycles. The van der Waals surface area contributed by atoms with Crippen LogP contribution in [0.3, 0.4) is 0 Å². The van der Waals surface area contributed by atoms with Crippen molar-refractivity contribution in [1.29, 1.82) is 0 Å². The maximum absolute atomic E-state index is 4.23. The largest absolute Gasteiger partial charge is 0.331 e. The molecule has 0 spiro atoms. The second kappa shape index (κ2) is 3.32. The van der Waals surface area contributed by atoms with E-state index in [1.165, 1.54) is 11.7 Å². The summed E-state index contributed by atoms with van der Waals surface area (Å²) in [7, 11) is 0. The number of rotatable bonds is 2. The highest BCUT2D eigenvalue weighted by Gasteiger charge is 2.05.